The van der Waals surface area contributed by atoms with Crippen LogP contribution in [0.5, 0.6) is 0 Å². The third-order valence-corrected chi connectivity index (χ3v) is 7.01. The minimum atomic E-state index is -3.26. The largest absolute Gasteiger partial charge is 0.331 e. The van der Waals surface area contributed by atoms with Crippen LogP contribution < -0.4 is 5.73 Å². The number of nitrogens with two attached hydrogens (primary N) is 1. The molecular formula is C25H27N3O3S. The number of carbonyl (C=O) groups is 1. The molecule has 0 saturated heterocycles. The van der Waals surface area contributed by atoms with Crippen molar-refractivity contribution >= 4 is 15.7 Å². The second kappa shape index (κ2) is 9.54. The Morgan fingerprint density at radius 2 is 1.75 bits per heavy atom. The van der Waals surface area contributed by atoms with Gasteiger partial charge in [-0.3, -0.25) is 4.79 Å². The fourth-order valence-electron chi connectivity index (χ4n) is 3.99. The second-order valence-corrected chi connectivity index (χ2v) is 9.92. The van der Waals surface area contributed by atoms with Crippen LogP contribution >= 0.6 is 0 Å². The van der Waals surface area contributed by atoms with Crippen LogP contribution in [-0.4, -0.2) is 42.1 Å². The van der Waals surface area contributed by atoms with Gasteiger partial charge in [-0.2, -0.15) is 0 Å². The van der Waals surface area contributed by atoms with E-state index in [1.807, 2.05) is 66.9 Å². The van der Waals surface area contributed by atoms with Crippen molar-refractivity contribution in [3.63, 3.8) is 0 Å². The van der Waals surface area contributed by atoms with Crippen LogP contribution in [0.25, 0.3) is 5.69 Å². The Labute approximate surface area is 188 Å². The van der Waals surface area contributed by atoms with Gasteiger partial charge in [0, 0.05) is 36.0 Å². The highest BCUT2D eigenvalue weighted by Crippen LogP contribution is 2.20. The van der Waals surface area contributed by atoms with Crippen LogP contribution in [0.4, 0.5) is 0 Å². The standard InChI is InChI=1S/C25H27N3O3S/c26-14-12-22-7-4-15-27(22)23-10-8-20(9-11-23)17-25(29)28(18-21-5-2-1-3-6-21)24-13-16-32(30,31)19-24/h1-11,13,15-16,24H,12,14,17-19,26H2. The molecule has 32 heavy (non-hydrogen) atoms. The van der Waals surface area contributed by atoms with Crippen molar-refractivity contribution in [3.8, 4) is 5.69 Å². The van der Waals surface area contributed by atoms with Crippen LogP contribution in [0.3, 0.4) is 0 Å². The average molecular weight is 450 g/mol. The van der Waals surface area contributed by atoms with E-state index in [1.54, 1.807) is 11.0 Å². The molecular weight excluding hydrogens is 422 g/mol. The summed E-state index contributed by atoms with van der Waals surface area (Å²) in [7, 11) is -3.26. The summed E-state index contributed by atoms with van der Waals surface area (Å²) in [5, 5.41) is 1.22. The zero-order valence-electron chi connectivity index (χ0n) is 17.8. The highest BCUT2D eigenvalue weighted by Gasteiger charge is 2.30. The van der Waals surface area contributed by atoms with Crippen molar-refractivity contribution < 1.29 is 13.2 Å². The van der Waals surface area contributed by atoms with Gasteiger partial charge in [-0.15, -0.1) is 0 Å². The summed E-state index contributed by atoms with van der Waals surface area (Å²) < 4.78 is 26.0. The van der Waals surface area contributed by atoms with Gasteiger partial charge in [0.05, 0.1) is 18.2 Å². The van der Waals surface area contributed by atoms with E-state index in [-0.39, 0.29) is 18.1 Å². The first kappa shape index (κ1) is 22.0. The Hall–Kier alpha value is -3.16. The molecule has 1 aliphatic heterocycles. The zero-order chi connectivity index (χ0) is 22.6. The van der Waals surface area contributed by atoms with E-state index in [0.717, 1.165) is 28.9 Å². The molecule has 0 fully saturated rings. The topological polar surface area (TPSA) is 85.4 Å². The van der Waals surface area contributed by atoms with Gasteiger partial charge in [0.15, 0.2) is 9.84 Å². The molecule has 0 spiro atoms. The number of nitrogens with zero attached hydrogens (tertiary/aromatic N) is 2. The zero-order valence-corrected chi connectivity index (χ0v) is 18.6. The molecule has 166 valence electrons. The maximum absolute atomic E-state index is 13.2. The molecule has 1 aromatic heterocycles. The molecule has 0 bridgehead atoms. The summed E-state index contributed by atoms with van der Waals surface area (Å²) in [6, 6.07) is 21.1. The lowest BCUT2D eigenvalue weighted by atomic mass is 10.1. The Morgan fingerprint density at radius 3 is 2.41 bits per heavy atom. The maximum atomic E-state index is 13.2. The van der Waals surface area contributed by atoms with Crippen LogP contribution in [0.1, 0.15) is 16.8 Å². The summed E-state index contributed by atoms with van der Waals surface area (Å²) in [5.41, 5.74) is 9.70. The van der Waals surface area contributed by atoms with Crippen molar-refractivity contribution in [1.29, 1.82) is 0 Å². The second-order valence-electron chi connectivity index (χ2n) is 7.98. The highest BCUT2D eigenvalue weighted by atomic mass is 32.2. The minimum Gasteiger partial charge on any atom is -0.331 e. The first-order valence-corrected chi connectivity index (χ1v) is 12.4. The Morgan fingerprint density at radius 1 is 1.00 bits per heavy atom. The molecule has 1 amide bonds. The quantitative estimate of drug-likeness (QED) is 0.573. The SMILES string of the molecule is NCCc1cccn1-c1ccc(CC(=O)N(Cc2ccccc2)C2C=CS(=O)(=O)C2)cc1. The Balaban J connectivity index is 1.51. The van der Waals surface area contributed by atoms with Crippen LogP contribution in [0, 0.1) is 0 Å². The van der Waals surface area contributed by atoms with Gasteiger partial charge in [-0.1, -0.05) is 42.5 Å². The molecule has 7 heteroatoms. The molecule has 0 radical (unpaired) electrons. The molecule has 0 saturated carbocycles. The fourth-order valence-corrected chi connectivity index (χ4v) is 5.29. The van der Waals surface area contributed by atoms with E-state index < -0.39 is 15.9 Å². The number of rotatable bonds is 8. The van der Waals surface area contributed by atoms with Crippen molar-refractivity contribution in [2.24, 2.45) is 5.73 Å². The molecule has 1 atom stereocenters. The van der Waals surface area contributed by atoms with E-state index in [2.05, 4.69) is 10.6 Å². The van der Waals surface area contributed by atoms with Crippen LogP contribution in [-0.2, 0) is 34.0 Å². The van der Waals surface area contributed by atoms with E-state index >= 15 is 0 Å². The molecule has 2 heterocycles. The third-order valence-electron chi connectivity index (χ3n) is 5.63. The van der Waals surface area contributed by atoms with Crippen molar-refractivity contribution in [2.45, 2.75) is 25.4 Å². The van der Waals surface area contributed by atoms with Crippen LogP contribution in [0.2, 0.25) is 0 Å². The molecule has 6 nitrogen and oxygen atoms in total. The Bertz CT molecular complexity index is 1200. The number of amides is 1. The summed E-state index contributed by atoms with van der Waals surface area (Å²) in [6.07, 6.45) is 4.61. The van der Waals surface area contributed by atoms with Gasteiger partial charge in [0.2, 0.25) is 5.91 Å². The average Bonchev–Trinajstić information content (AvgIpc) is 3.39. The normalized spacial score (nSPS) is 16.8. The van der Waals surface area contributed by atoms with Crippen molar-refractivity contribution in [3.05, 3.63) is 101 Å². The van der Waals surface area contributed by atoms with Gasteiger partial charge in [-0.05, 0) is 48.0 Å². The smallest absolute Gasteiger partial charge is 0.227 e. The van der Waals surface area contributed by atoms with Gasteiger partial charge < -0.3 is 15.2 Å². The molecule has 4 rings (SSSR count). The third kappa shape index (κ3) is 5.18. The predicted molar refractivity (Wildman–Crippen MR) is 126 cm³/mol. The van der Waals surface area contributed by atoms with E-state index in [1.165, 1.54) is 5.41 Å². The molecule has 2 N–H and O–H groups in total. The monoisotopic (exact) mass is 449 g/mol. The lowest BCUT2D eigenvalue weighted by Crippen LogP contribution is -2.41. The summed E-state index contributed by atoms with van der Waals surface area (Å²) in [4.78, 5) is 14.9. The fraction of sp³-hybridized carbons (Fsp3) is 0.240. The number of hydrogen-bond donors (Lipinski definition) is 1. The molecule has 2 aromatic carbocycles. The van der Waals surface area contributed by atoms with E-state index in [0.29, 0.717) is 13.1 Å². The minimum absolute atomic E-state index is 0.0674. The Kier molecular flexibility index (Phi) is 6.58. The van der Waals surface area contributed by atoms with Crippen molar-refractivity contribution in [2.75, 3.05) is 12.3 Å². The number of benzene rings is 2. The first-order valence-electron chi connectivity index (χ1n) is 10.7. The summed E-state index contributed by atoms with van der Waals surface area (Å²) >= 11 is 0. The summed E-state index contributed by atoms with van der Waals surface area (Å²) in [6.45, 7) is 0.952. The van der Waals surface area contributed by atoms with Crippen LogP contribution in [0.15, 0.2) is 84.4 Å². The number of sulfone groups is 1. The molecule has 3 aromatic rings. The lowest BCUT2D eigenvalue weighted by molar-refractivity contribution is -0.132. The van der Waals surface area contributed by atoms with Gasteiger partial charge in [0.1, 0.15) is 0 Å². The van der Waals surface area contributed by atoms with E-state index in [9.17, 15) is 13.2 Å². The van der Waals surface area contributed by atoms with E-state index in [4.69, 9.17) is 5.73 Å². The highest BCUT2D eigenvalue weighted by molar-refractivity contribution is 7.94. The molecule has 1 aliphatic rings. The van der Waals surface area contributed by atoms with Crippen molar-refractivity contribution in [1.82, 2.24) is 9.47 Å². The van der Waals surface area contributed by atoms with Gasteiger partial charge in [-0.25, -0.2) is 8.42 Å². The molecule has 0 aliphatic carbocycles. The summed E-state index contributed by atoms with van der Waals surface area (Å²) in [5.74, 6) is -0.166. The van der Waals surface area contributed by atoms with Gasteiger partial charge in [0.25, 0.3) is 0 Å². The van der Waals surface area contributed by atoms with Gasteiger partial charge >= 0.3 is 0 Å². The number of carbonyl (C=O) groups excluding carboxylic acids is 1. The lowest BCUT2D eigenvalue weighted by Gasteiger charge is -2.28. The first-order chi connectivity index (χ1) is 15.4. The predicted octanol–water partition coefficient (Wildman–Crippen LogP) is 2.86. The number of hydrogen-bond acceptors (Lipinski definition) is 4. The number of aromatic nitrogens is 1. The maximum Gasteiger partial charge on any atom is 0.227 e. The molecule has 1 unspecified atom stereocenters.